The maximum absolute atomic E-state index is 6.02. The first kappa shape index (κ1) is 12.8. The van der Waals surface area contributed by atoms with Gasteiger partial charge in [-0.15, -0.1) is 0 Å². The average molecular weight is 239 g/mol. The molecule has 0 radical (unpaired) electrons. The third kappa shape index (κ3) is 7.44. The highest BCUT2D eigenvalue weighted by Crippen LogP contribution is 2.05. The Labute approximate surface area is 83.0 Å². The van der Waals surface area contributed by atoms with Crippen LogP contribution in [-0.4, -0.2) is 35.2 Å². The van der Waals surface area contributed by atoms with Crippen LogP contribution in [0.3, 0.4) is 0 Å². The molecule has 0 bridgehead atoms. The Morgan fingerprint density at radius 2 is 1.50 bits per heavy atom. The van der Waals surface area contributed by atoms with Gasteiger partial charge in [0.25, 0.3) is 0 Å². The van der Waals surface area contributed by atoms with Crippen molar-refractivity contribution in [2.24, 2.45) is 0 Å². The molecule has 0 aromatic rings. The monoisotopic (exact) mass is 238 g/mol. The Morgan fingerprint density at radius 1 is 1.00 bits per heavy atom. The molecule has 6 heteroatoms. The van der Waals surface area contributed by atoms with E-state index in [1.54, 1.807) is 0 Å². The van der Waals surface area contributed by atoms with E-state index in [1.807, 2.05) is 0 Å². The van der Waals surface area contributed by atoms with E-state index >= 15 is 0 Å². The molecule has 0 rings (SSSR count). The molecule has 2 nitrogen and oxygen atoms in total. The standard InChI is InChI=1S/C6H22O2Si4/c1-10(2)7-9-12(5,6)8-11(3)4/h10-11H,9H2,1-6H3. The van der Waals surface area contributed by atoms with Crippen LogP contribution in [0.4, 0.5) is 0 Å². The van der Waals surface area contributed by atoms with Crippen molar-refractivity contribution in [3.63, 3.8) is 0 Å². The topological polar surface area (TPSA) is 18.5 Å². The van der Waals surface area contributed by atoms with Gasteiger partial charge in [0.15, 0.2) is 35.2 Å². The SMILES string of the molecule is C[SiH](C)O[SiH2][Si](C)(C)O[SiH](C)C. The maximum atomic E-state index is 6.02. The van der Waals surface area contributed by atoms with Gasteiger partial charge in [0.2, 0.25) is 0 Å². The van der Waals surface area contributed by atoms with Gasteiger partial charge >= 0.3 is 0 Å². The molecule has 0 aromatic heterocycles. The van der Waals surface area contributed by atoms with E-state index in [0.29, 0.717) is 0 Å². The van der Waals surface area contributed by atoms with Gasteiger partial charge in [-0.2, -0.15) is 0 Å². The van der Waals surface area contributed by atoms with E-state index in [9.17, 15) is 0 Å². The molecule has 0 saturated heterocycles. The van der Waals surface area contributed by atoms with E-state index in [2.05, 4.69) is 39.3 Å². The van der Waals surface area contributed by atoms with Gasteiger partial charge in [-0.25, -0.2) is 0 Å². The van der Waals surface area contributed by atoms with Gasteiger partial charge in [0.1, 0.15) is 0 Å². The lowest BCUT2D eigenvalue weighted by Crippen LogP contribution is -2.44. The quantitative estimate of drug-likeness (QED) is 0.659. The van der Waals surface area contributed by atoms with Crippen LogP contribution in [-0.2, 0) is 8.23 Å². The van der Waals surface area contributed by atoms with Crippen molar-refractivity contribution in [1.29, 1.82) is 0 Å². The largest absolute Gasteiger partial charge is 0.463 e. The molecule has 12 heavy (non-hydrogen) atoms. The van der Waals surface area contributed by atoms with Crippen LogP contribution in [0.25, 0.3) is 0 Å². The molecule has 0 aliphatic heterocycles. The van der Waals surface area contributed by atoms with E-state index in [-0.39, 0.29) is 9.28 Å². The van der Waals surface area contributed by atoms with Crippen molar-refractivity contribution in [3.8, 4) is 0 Å². The summed E-state index contributed by atoms with van der Waals surface area (Å²) in [4.78, 5) is 0. The van der Waals surface area contributed by atoms with Gasteiger partial charge in [-0.05, 0) is 39.3 Å². The van der Waals surface area contributed by atoms with Crippen molar-refractivity contribution in [2.75, 3.05) is 0 Å². The zero-order chi connectivity index (χ0) is 9.78. The summed E-state index contributed by atoms with van der Waals surface area (Å²) >= 11 is 0. The molecule has 0 unspecified atom stereocenters. The Hall–Kier alpha value is 0.788. The molecule has 0 amide bonds. The Morgan fingerprint density at radius 3 is 1.83 bits per heavy atom. The lowest BCUT2D eigenvalue weighted by molar-refractivity contribution is 0.572. The summed E-state index contributed by atoms with van der Waals surface area (Å²) in [7, 11) is -3.26. The average Bonchev–Trinajstić information content (AvgIpc) is 1.81. The molecular weight excluding hydrogens is 216 g/mol. The molecule has 0 heterocycles. The molecular formula is C6H22O2Si4. The number of hydrogen-bond acceptors (Lipinski definition) is 2. The maximum Gasteiger partial charge on any atom is 0.183 e. The van der Waals surface area contributed by atoms with Gasteiger partial charge in [0.05, 0.1) is 0 Å². The van der Waals surface area contributed by atoms with Crippen LogP contribution in [0, 0.1) is 0 Å². The van der Waals surface area contributed by atoms with Crippen molar-refractivity contribution in [2.45, 2.75) is 39.3 Å². The summed E-state index contributed by atoms with van der Waals surface area (Å²) < 4.78 is 11.9. The number of hydrogen-bond donors (Lipinski definition) is 0. The Balaban J connectivity index is 3.71. The molecule has 0 aromatic carbocycles. The van der Waals surface area contributed by atoms with Crippen LogP contribution >= 0.6 is 0 Å². The van der Waals surface area contributed by atoms with E-state index < -0.39 is 25.9 Å². The molecule has 0 aliphatic rings. The van der Waals surface area contributed by atoms with E-state index in [4.69, 9.17) is 8.23 Å². The fourth-order valence-corrected chi connectivity index (χ4v) is 19.6. The Bertz CT molecular complexity index is 127. The minimum absolute atomic E-state index is 0.338. The fraction of sp³-hybridized carbons (Fsp3) is 1.00. The third-order valence-electron chi connectivity index (χ3n) is 1.32. The van der Waals surface area contributed by atoms with Crippen molar-refractivity contribution < 1.29 is 8.23 Å². The summed E-state index contributed by atoms with van der Waals surface area (Å²) in [6.07, 6.45) is 0. The highest BCUT2D eigenvalue weighted by molar-refractivity contribution is 7.20. The van der Waals surface area contributed by atoms with Crippen LogP contribution < -0.4 is 0 Å². The zero-order valence-corrected chi connectivity index (χ0v) is 13.9. The lowest BCUT2D eigenvalue weighted by Gasteiger charge is -2.25. The molecule has 0 fully saturated rings. The molecule has 0 aliphatic carbocycles. The van der Waals surface area contributed by atoms with Crippen LogP contribution in [0.5, 0.6) is 0 Å². The van der Waals surface area contributed by atoms with Crippen LogP contribution in [0.2, 0.25) is 39.3 Å². The summed E-state index contributed by atoms with van der Waals surface area (Å²) in [5, 5.41) is 0. The molecule has 0 atom stereocenters. The van der Waals surface area contributed by atoms with Gasteiger partial charge < -0.3 is 8.23 Å². The Kier molecular flexibility index (Phi) is 5.86. The highest BCUT2D eigenvalue weighted by Gasteiger charge is 2.25. The predicted octanol–water partition coefficient (Wildman–Crippen LogP) is 0.772. The van der Waals surface area contributed by atoms with Crippen molar-refractivity contribution in [3.05, 3.63) is 0 Å². The minimum Gasteiger partial charge on any atom is -0.463 e. The summed E-state index contributed by atoms with van der Waals surface area (Å²) in [5.74, 6) is 0. The van der Waals surface area contributed by atoms with Gasteiger partial charge in [-0.1, -0.05) is 0 Å². The second-order valence-corrected chi connectivity index (χ2v) is 20.5. The minimum atomic E-state index is -1.32. The summed E-state index contributed by atoms with van der Waals surface area (Å²) in [6, 6.07) is 0. The first-order chi connectivity index (χ1) is 5.33. The molecule has 0 N–H and O–H groups in total. The highest BCUT2D eigenvalue weighted by atomic mass is 29.2. The fourth-order valence-electron chi connectivity index (χ4n) is 1.04. The normalized spacial score (nSPS) is 14.0. The number of rotatable bonds is 5. The second kappa shape index (κ2) is 5.50. The van der Waals surface area contributed by atoms with Crippen molar-refractivity contribution in [1.82, 2.24) is 0 Å². The second-order valence-electron chi connectivity index (χ2n) is 4.29. The smallest absolute Gasteiger partial charge is 0.183 e. The van der Waals surface area contributed by atoms with Crippen LogP contribution in [0.1, 0.15) is 0 Å². The molecule has 0 spiro atoms. The molecule has 74 valence electrons. The molecule has 0 saturated carbocycles. The lowest BCUT2D eigenvalue weighted by atomic mass is 11.9. The van der Waals surface area contributed by atoms with E-state index in [1.165, 1.54) is 0 Å². The van der Waals surface area contributed by atoms with E-state index in [0.717, 1.165) is 0 Å². The summed E-state index contributed by atoms with van der Waals surface area (Å²) in [6.45, 7) is 13.6. The third-order valence-corrected chi connectivity index (χ3v) is 14.9. The van der Waals surface area contributed by atoms with Crippen LogP contribution in [0.15, 0.2) is 0 Å². The van der Waals surface area contributed by atoms with Crippen molar-refractivity contribution >= 4 is 35.2 Å². The first-order valence-electron chi connectivity index (χ1n) is 4.63. The first-order valence-corrected chi connectivity index (χ1v) is 16.0. The van der Waals surface area contributed by atoms with Gasteiger partial charge in [0, 0.05) is 0 Å². The summed E-state index contributed by atoms with van der Waals surface area (Å²) in [5.41, 5.74) is 0. The predicted molar refractivity (Wildman–Crippen MR) is 66.0 cm³/mol. The zero-order valence-electron chi connectivity index (χ0n) is 9.18. The van der Waals surface area contributed by atoms with Gasteiger partial charge in [-0.3, -0.25) is 0 Å².